The maximum absolute atomic E-state index is 10.8. The van der Waals surface area contributed by atoms with Gasteiger partial charge in [0.25, 0.3) is 5.69 Å². The first-order chi connectivity index (χ1) is 8.97. The van der Waals surface area contributed by atoms with Gasteiger partial charge in [-0.15, -0.1) is 0 Å². The van der Waals surface area contributed by atoms with Crippen LogP contribution in [-0.2, 0) is 0 Å². The second-order valence-electron chi connectivity index (χ2n) is 5.56. The van der Waals surface area contributed by atoms with Gasteiger partial charge in [0.05, 0.1) is 4.92 Å². The van der Waals surface area contributed by atoms with E-state index in [0.717, 1.165) is 18.7 Å². The van der Waals surface area contributed by atoms with Crippen molar-refractivity contribution >= 4 is 11.4 Å². The molecule has 2 rings (SSSR count). The third-order valence-corrected chi connectivity index (χ3v) is 4.02. The van der Waals surface area contributed by atoms with Crippen LogP contribution in [0, 0.1) is 16.0 Å². The summed E-state index contributed by atoms with van der Waals surface area (Å²) in [5, 5.41) is 14.2. The van der Waals surface area contributed by atoms with Gasteiger partial charge in [-0.2, -0.15) is 0 Å². The van der Waals surface area contributed by atoms with Crippen molar-refractivity contribution in [3.8, 4) is 0 Å². The first-order valence-electron chi connectivity index (χ1n) is 6.68. The van der Waals surface area contributed by atoms with Gasteiger partial charge < -0.3 is 10.2 Å². The van der Waals surface area contributed by atoms with Crippen LogP contribution in [0.15, 0.2) is 24.3 Å². The zero-order valence-electron chi connectivity index (χ0n) is 11.7. The van der Waals surface area contributed by atoms with Gasteiger partial charge in [-0.1, -0.05) is 13.0 Å². The molecule has 1 saturated heterocycles. The van der Waals surface area contributed by atoms with Crippen molar-refractivity contribution < 1.29 is 4.92 Å². The molecule has 1 aromatic rings. The molecule has 5 heteroatoms. The summed E-state index contributed by atoms with van der Waals surface area (Å²) in [6.45, 7) is 5.49. The van der Waals surface area contributed by atoms with Crippen molar-refractivity contribution in [1.29, 1.82) is 0 Å². The lowest BCUT2D eigenvalue weighted by atomic mass is 9.89. The van der Waals surface area contributed by atoms with Gasteiger partial charge >= 0.3 is 0 Å². The monoisotopic (exact) mass is 263 g/mol. The van der Waals surface area contributed by atoms with Gasteiger partial charge in [-0.3, -0.25) is 10.1 Å². The van der Waals surface area contributed by atoms with E-state index < -0.39 is 0 Å². The molecule has 104 valence electrons. The van der Waals surface area contributed by atoms with E-state index in [2.05, 4.69) is 31.1 Å². The number of non-ortho nitro benzene ring substituents is 1. The number of likely N-dealkylation sites (tertiary alicyclic amines) is 1. The third kappa shape index (κ3) is 3.23. The van der Waals surface area contributed by atoms with Crippen molar-refractivity contribution in [2.24, 2.45) is 5.92 Å². The molecule has 0 amide bonds. The second kappa shape index (κ2) is 5.57. The van der Waals surface area contributed by atoms with Crippen LogP contribution in [0.3, 0.4) is 0 Å². The minimum atomic E-state index is -0.355. The Hall–Kier alpha value is -1.62. The number of anilines is 1. The summed E-state index contributed by atoms with van der Waals surface area (Å²) in [7, 11) is 2.14. The standard InChI is InChI=1S/C14H21N3O2/c1-10-9-16(3)11(2)7-14(10)15-12-5-4-6-13(8-12)17(18)19/h4-6,8,10-11,14-15H,7,9H2,1-3H3. The molecular formula is C14H21N3O2. The van der Waals surface area contributed by atoms with Crippen LogP contribution in [0.25, 0.3) is 0 Å². The number of nitro groups is 1. The average Bonchev–Trinajstić information content (AvgIpc) is 2.36. The zero-order chi connectivity index (χ0) is 14.0. The first-order valence-corrected chi connectivity index (χ1v) is 6.68. The Kier molecular flexibility index (Phi) is 4.04. The lowest BCUT2D eigenvalue weighted by Crippen LogP contribution is -2.48. The fraction of sp³-hybridized carbons (Fsp3) is 0.571. The van der Waals surface area contributed by atoms with Gasteiger partial charge in [0.2, 0.25) is 0 Å². The predicted octanol–water partition coefficient (Wildman–Crippen LogP) is 2.74. The highest BCUT2D eigenvalue weighted by atomic mass is 16.6. The molecule has 3 unspecified atom stereocenters. The van der Waals surface area contributed by atoms with Crippen LogP contribution < -0.4 is 5.32 Å². The molecule has 1 N–H and O–H groups in total. The minimum absolute atomic E-state index is 0.138. The maximum atomic E-state index is 10.8. The predicted molar refractivity (Wildman–Crippen MR) is 76.4 cm³/mol. The van der Waals surface area contributed by atoms with E-state index in [1.54, 1.807) is 12.1 Å². The molecule has 1 aromatic carbocycles. The Morgan fingerprint density at radius 2 is 2.16 bits per heavy atom. The van der Waals surface area contributed by atoms with Crippen LogP contribution in [0.4, 0.5) is 11.4 Å². The minimum Gasteiger partial charge on any atom is -0.382 e. The molecule has 0 aliphatic carbocycles. The van der Waals surface area contributed by atoms with Gasteiger partial charge in [-0.05, 0) is 32.4 Å². The Morgan fingerprint density at radius 1 is 1.42 bits per heavy atom. The number of nitrogens with one attached hydrogen (secondary N) is 1. The molecule has 0 bridgehead atoms. The highest BCUT2D eigenvalue weighted by Gasteiger charge is 2.28. The van der Waals surface area contributed by atoms with Crippen LogP contribution in [0.5, 0.6) is 0 Å². The van der Waals surface area contributed by atoms with Gasteiger partial charge in [0, 0.05) is 36.4 Å². The molecular weight excluding hydrogens is 242 g/mol. The topological polar surface area (TPSA) is 58.4 Å². The zero-order valence-corrected chi connectivity index (χ0v) is 11.7. The Labute approximate surface area is 113 Å². The molecule has 19 heavy (non-hydrogen) atoms. The maximum Gasteiger partial charge on any atom is 0.271 e. The van der Waals surface area contributed by atoms with Crippen molar-refractivity contribution in [1.82, 2.24) is 4.90 Å². The highest BCUT2D eigenvalue weighted by Crippen LogP contribution is 2.25. The molecule has 0 aromatic heterocycles. The third-order valence-electron chi connectivity index (χ3n) is 4.02. The fourth-order valence-electron chi connectivity index (χ4n) is 2.67. The van der Waals surface area contributed by atoms with Crippen LogP contribution >= 0.6 is 0 Å². The van der Waals surface area contributed by atoms with E-state index in [1.165, 1.54) is 6.07 Å². The molecule has 1 aliphatic rings. The molecule has 0 spiro atoms. The van der Waals surface area contributed by atoms with E-state index in [0.29, 0.717) is 18.0 Å². The van der Waals surface area contributed by atoms with E-state index in [9.17, 15) is 10.1 Å². The molecule has 1 heterocycles. The molecule has 1 fully saturated rings. The Morgan fingerprint density at radius 3 is 2.84 bits per heavy atom. The summed E-state index contributed by atoms with van der Waals surface area (Å²) < 4.78 is 0. The van der Waals surface area contributed by atoms with Gasteiger partial charge in [0.15, 0.2) is 0 Å². The van der Waals surface area contributed by atoms with E-state index >= 15 is 0 Å². The number of hydrogen-bond donors (Lipinski definition) is 1. The summed E-state index contributed by atoms with van der Waals surface area (Å²) in [5.74, 6) is 0.528. The molecule has 0 radical (unpaired) electrons. The highest BCUT2D eigenvalue weighted by molar-refractivity contribution is 5.51. The summed E-state index contributed by atoms with van der Waals surface area (Å²) in [6, 6.07) is 7.65. The van der Waals surface area contributed by atoms with E-state index in [4.69, 9.17) is 0 Å². The van der Waals surface area contributed by atoms with Gasteiger partial charge in [-0.25, -0.2) is 0 Å². The molecule has 0 saturated carbocycles. The van der Waals surface area contributed by atoms with Gasteiger partial charge in [0.1, 0.15) is 0 Å². The van der Waals surface area contributed by atoms with Crippen molar-refractivity contribution in [2.75, 3.05) is 18.9 Å². The Bertz CT molecular complexity index is 464. The number of piperidine rings is 1. The van der Waals surface area contributed by atoms with Crippen LogP contribution in [0.1, 0.15) is 20.3 Å². The van der Waals surface area contributed by atoms with E-state index in [-0.39, 0.29) is 10.6 Å². The van der Waals surface area contributed by atoms with Crippen molar-refractivity contribution in [3.05, 3.63) is 34.4 Å². The van der Waals surface area contributed by atoms with Crippen molar-refractivity contribution in [3.63, 3.8) is 0 Å². The number of rotatable bonds is 3. The SMILES string of the molecule is CC1CN(C)C(C)CC1Nc1cccc([N+](=O)[O-])c1. The summed E-state index contributed by atoms with van der Waals surface area (Å²) in [5.41, 5.74) is 0.974. The summed E-state index contributed by atoms with van der Waals surface area (Å²) >= 11 is 0. The molecule has 3 atom stereocenters. The smallest absolute Gasteiger partial charge is 0.271 e. The number of nitro benzene ring substituents is 1. The lowest BCUT2D eigenvalue weighted by Gasteiger charge is -2.40. The van der Waals surface area contributed by atoms with Crippen LogP contribution in [-0.4, -0.2) is 35.5 Å². The molecule has 5 nitrogen and oxygen atoms in total. The normalized spacial score (nSPS) is 28.1. The summed E-state index contributed by atoms with van der Waals surface area (Å²) in [4.78, 5) is 12.8. The number of nitrogens with zero attached hydrogens (tertiary/aromatic N) is 2. The van der Waals surface area contributed by atoms with Crippen LogP contribution in [0.2, 0.25) is 0 Å². The second-order valence-corrected chi connectivity index (χ2v) is 5.56. The Balaban J connectivity index is 2.08. The number of hydrogen-bond acceptors (Lipinski definition) is 4. The largest absolute Gasteiger partial charge is 0.382 e. The van der Waals surface area contributed by atoms with Crippen molar-refractivity contribution in [2.45, 2.75) is 32.4 Å². The fourth-order valence-corrected chi connectivity index (χ4v) is 2.67. The average molecular weight is 263 g/mol. The first kappa shape index (κ1) is 13.8. The van der Waals surface area contributed by atoms with E-state index in [1.807, 2.05) is 6.07 Å². The quantitative estimate of drug-likeness (QED) is 0.673. The lowest BCUT2D eigenvalue weighted by molar-refractivity contribution is -0.384. The molecule has 1 aliphatic heterocycles. The summed E-state index contributed by atoms with van der Waals surface area (Å²) in [6.07, 6.45) is 1.06. The number of benzene rings is 1.